The molecule has 3 aromatic rings. The highest BCUT2D eigenvalue weighted by molar-refractivity contribution is 6.15. The Morgan fingerprint density at radius 2 is 1.62 bits per heavy atom. The van der Waals surface area contributed by atoms with Gasteiger partial charge in [-0.3, -0.25) is 29.0 Å². The van der Waals surface area contributed by atoms with E-state index in [1.165, 1.54) is 0 Å². The molecule has 0 radical (unpaired) electrons. The topological polar surface area (TPSA) is 91.1 Å². The number of piperidine rings is 1. The second-order valence-corrected chi connectivity index (χ2v) is 12.9. The number of likely N-dealkylation sites (tertiary alicyclic amines) is 2. The van der Waals surface area contributed by atoms with Gasteiger partial charge >= 0.3 is 0 Å². The van der Waals surface area contributed by atoms with Crippen LogP contribution in [0.25, 0.3) is 22.0 Å². The lowest BCUT2D eigenvalue weighted by molar-refractivity contribution is -0.142. The van der Waals surface area contributed by atoms with E-state index in [1.54, 1.807) is 0 Å². The minimum atomic E-state index is -0.833. The average molecular weight is 567 g/mol. The Kier molecular flexibility index (Phi) is 6.44. The first kappa shape index (κ1) is 26.9. The summed E-state index contributed by atoms with van der Waals surface area (Å²) in [5.74, 6) is 1.54. The molecule has 0 atom stereocenters. The molecule has 3 fully saturated rings. The lowest BCUT2D eigenvalue weighted by Gasteiger charge is -2.42. The lowest BCUT2D eigenvalue weighted by atomic mass is 9.87. The van der Waals surface area contributed by atoms with Crippen molar-refractivity contribution >= 4 is 34.5 Å². The molecular formula is C33H38N6O3. The van der Waals surface area contributed by atoms with Crippen molar-refractivity contribution in [1.82, 2.24) is 24.5 Å². The van der Waals surface area contributed by atoms with E-state index in [4.69, 9.17) is 4.99 Å². The van der Waals surface area contributed by atoms with Gasteiger partial charge in [-0.1, -0.05) is 44.2 Å². The summed E-state index contributed by atoms with van der Waals surface area (Å²) < 4.78 is 1.87. The number of nitrogens with zero attached hydrogens (tertiary/aromatic N) is 6. The van der Waals surface area contributed by atoms with Crippen LogP contribution in [0.4, 0.5) is 0 Å². The van der Waals surface area contributed by atoms with Crippen molar-refractivity contribution in [3.05, 3.63) is 54.2 Å². The summed E-state index contributed by atoms with van der Waals surface area (Å²) in [4.78, 5) is 50.1. The van der Waals surface area contributed by atoms with Crippen molar-refractivity contribution in [3.63, 3.8) is 0 Å². The molecule has 0 bridgehead atoms. The molecule has 2 saturated heterocycles. The molecule has 4 aliphatic rings. The fraction of sp³-hybridized carbons (Fsp3) is 0.485. The Morgan fingerprint density at radius 1 is 0.952 bits per heavy atom. The maximum absolute atomic E-state index is 14.1. The van der Waals surface area contributed by atoms with Crippen LogP contribution in [0.2, 0.25) is 0 Å². The Bertz CT molecular complexity index is 1590. The highest BCUT2D eigenvalue weighted by atomic mass is 16.2. The van der Waals surface area contributed by atoms with Crippen LogP contribution in [0.1, 0.15) is 45.1 Å². The first-order valence-corrected chi connectivity index (χ1v) is 15.2. The van der Waals surface area contributed by atoms with Crippen LogP contribution in [-0.4, -0.2) is 86.3 Å². The zero-order valence-electron chi connectivity index (χ0n) is 24.6. The Hall–Kier alpha value is -4.01. The SMILES string of the molecule is CC(C)C(=O)N1CCC2(CC1)N=C(c1ccc(-c3ccc4c(cnn4C)c3)cc1)N(CC1CN(C(=O)C3CC3)C1)C2=O. The Balaban J connectivity index is 1.14. The monoisotopic (exact) mass is 566 g/mol. The highest BCUT2D eigenvalue weighted by Gasteiger charge is 2.51. The van der Waals surface area contributed by atoms with Crippen molar-refractivity contribution in [2.45, 2.75) is 45.1 Å². The largest absolute Gasteiger partial charge is 0.342 e. The van der Waals surface area contributed by atoms with Crippen LogP contribution < -0.4 is 0 Å². The molecule has 2 aromatic carbocycles. The number of rotatable bonds is 6. The van der Waals surface area contributed by atoms with Gasteiger partial charge in [0, 0.05) is 68.5 Å². The van der Waals surface area contributed by atoms with Gasteiger partial charge in [0.25, 0.3) is 5.91 Å². The second-order valence-electron chi connectivity index (χ2n) is 12.9. The van der Waals surface area contributed by atoms with Crippen LogP contribution >= 0.6 is 0 Å². The van der Waals surface area contributed by atoms with Gasteiger partial charge in [0.05, 0.1) is 11.7 Å². The predicted molar refractivity (Wildman–Crippen MR) is 161 cm³/mol. The van der Waals surface area contributed by atoms with Gasteiger partial charge in [0.1, 0.15) is 11.4 Å². The molecule has 1 spiro atoms. The molecule has 1 aromatic heterocycles. The zero-order chi connectivity index (χ0) is 29.2. The van der Waals surface area contributed by atoms with Crippen LogP contribution in [0, 0.1) is 17.8 Å². The minimum absolute atomic E-state index is 0.0345. The first-order valence-electron chi connectivity index (χ1n) is 15.2. The number of fused-ring (bicyclic) bond motifs is 1. The summed E-state index contributed by atoms with van der Waals surface area (Å²) in [6, 6.07) is 14.6. The maximum Gasteiger partial charge on any atom is 0.256 e. The van der Waals surface area contributed by atoms with Gasteiger partial charge in [-0.05, 0) is 48.9 Å². The number of aryl methyl sites for hydroxylation is 1. The van der Waals surface area contributed by atoms with Crippen LogP contribution in [0.5, 0.6) is 0 Å². The second kappa shape index (κ2) is 10.1. The van der Waals surface area contributed by atoms with Crippen LogP contribution in [0.3, 0.4) is 0 Å². The third kappa shape index (κ3) is 4.59. The lowest BCUT2D eigenvalue weighted by Crippen LogP contribution is -2.57. The number of hydrogen-bond donors (Lipinski definition) is 0. The van der Waals surface area contributed by atoms with E-state index in [0.29, 0.717) is 51.4 Å². The van der Waals surface area contributed by atoms with E-state index < -0.39 is 5.54 Å². The van der Waals surface area contributed by atoms with Crippen molar-refractivity contribution in [2.24, 2.45) is 29.8 Å². The number of carbonyl (C=O) groups is 3. The van der Waals surface area contributed by atoms with E-state index in [1.807, 2.05) is 46.5 Å². The highest BCUT2D eigenvalue weighted by Crippen LogP contribution is 2.38. The van der Waals surface area contributed by atoms with Crippen molar-refractivity contribution in [2.75, 3.05) is 32.7 Å². The third-order valence-corrected chi connectivity index (χ3v) is 9.47. The molecule has 0 N–H and O–H groups in total. The minimum Gasteiger partial charge on any atom is -0.342 e. The van der Waals surface area contributed by atoms with Gasteiger partial charge in [-0.15, -0.1) is 0 Å². The summed E-state index contributed by atoms with van der Waals surface area (Å²) in [5, 5.41) is 5.45. The van der Waals surface area contributed by atoms with Crippen molar-refractivity contribution in [1.29, 1.82) is 0 Å². The molecule has 3 aliphatic heterocycles. The normalized spacial score (nSPS) is 20.5. The summed E-state index contributed by atoms with van der Waals surface area (Å²) >= 11 is 0. The molecule has 9 nitrogen and oxygen atoms in total. The molecule has 9 heteroatoms. The number of carbonyl (C=O) groups excluding carboxylic acids is 3. The summed E-state index contributed by atoms with van der Waals surface area (Å²) in [5.41, 5.74) is 3.36. The first-order chi connectivity index (χ1) is 20.2. The smallest absolute Gasteiger partial charge is 0.256 e. The quantitative estimate of drug-likeness (QED) is 0.455. The third-order valence-electron chi connectivity index (χ3n) is 9.47. The molecule has 1 saturated carbocycles. The molecule has 42 heavy (non-hydrogen) atoms. The summed E-state index contributed by atoms with van der Waals surface area (Å²) in [6.07, 6.45) is 4.96. The molecule has 3 amide bonds. The van der Waals surface area contributed by atoms with Gasteiger partial charge < -0.3 is 9.80 Å². The molecule has 218 valence electrons. The van der Waals surface area contributed by atoms with Gasteiger partial charge in [-0.2, -0.15) is 5.10 Å². The van der Waals surface area contributed by atoms with Crippen molar-refractivity contribution < 1.29 is 14.4 Å². The van der Waals surface area contributed by atoms with Gasteiger partial charge in [0.2, 0.25) is 11.8 Å². The van der Waals surface area contributed by atoms with Crippen LogP contribution in [0.15, 0.2) is 53.7 Å². The zero-order valence-corrected chi connectivity index (χ0v) is 24.6. The fourth-order valence-corrected chi connectivity index (χ4v) is 6.70. The van der Waals surface area contributed by atoms with Gasteiger partial charge in [0.15, 0.2) is 0 Å². The number of aliphatic imine (C=N–C) groups is 1. The van der Waals surface area contributed by atoms with E-state index in [9.17, 15) is 14.4 Å². The predicted octanol–water partition coefficient (Wildman–Crippen LogP) is 3.71. The maximum atomic E-state index is 14.1. The number of hydrogen-bond acceptors (Lipinski definition) is 5. The molecule has 7 rings (SSSR count). The van der Waals surface area contributed by atoms with E-state index in [0.717, 1.165) is 40.4 Å². The fourth-order valence-electron chi connectivity index (χ4n) is 6.70. The number of aromatic nitrogens is 2. The Morgan fingerprint density at radius 3 is 2.29 bits per heavy atom. The Labute approximate surface area is 246 Å². The molecular weight excluding hydrogens is 528 g/mol. The molecule has 1 aliphatic carbocycles. The number of amides is 3. The molecule has 0 unspecified atom stereocenters. The van der Waals surface area contributed by atoms with E-state index in [2.05, 4.69) is 47.6 Å². The summed E-state index contributed by atoms with van der Waals surface area (Å²) in [7, 11) is 1.94. The van der Waals surface area contributed by atoms with Gasteiger partial charge in [-0.25, -0.2) is 0 Å². The van der Waals surface area contributed by atoms with E-state index >= 15 is 0 Å². The molecule has 4 heterocycles. The standard InChI is InChI=1S/C33H38N6O3/c1-21(2)30(40)37-14-12-33(13-15-37)32(42)39(20-22-18-38(19-22)31(41)25-8-9-25)29(35-33)24-6-4-23(5-7-24)26-10-11-28-27(16-26)17-34-36(28)3/h4-7,10-11,16-17,21-22,25H,8-9,12-15,18-20H2,1-3H3. The average Bonchev–Trinajstić information content (AvgIpc) is 3.72. The van der Waals surface area contributed by atoms with E-state index in [-0.39, 0.29) is 35.5 Å². The van der Waals surface area contributed by atoms with Crippen LogP contribution in [-0.2, 0) is 21.4 Å². The number of benzene rings is 2. The summed E-state index contributed by atoms with van der Waals surface area (Å²) in [6.45, 7) is 6.87. The van der Waals surface area contributed by atoms with Crippen molar-refractivity contribution in [3.8, 4) is 11.1 Å². The number of amidine groups is 1.